The average Bonchev–Trinajstić information content (AvgIpc) is 2.30. The first kappa shape index (κ1) is 14.3. The molecule has 17 heavy (non-hydrogen) atoms. The van der Waals surface area contributed by atoms with Crippen molar-refractivity contribution >= 4 is 12.4 Å². The molecule has 1 aromatic rings. The molecule has 0 aromatic heterocycles. The Bertz CT molecular complexity index is 334. The summed E-state index contributed by atoms with van der Waals surface area (Å²) >= 11 is 0. The lowest BCUT2D eigenvalue weighted by molar-refractivity contribution is 0.0533. The van der Waals surface area contributed by atoms with Crippen molar-refractivity contribution in [2.75, 3.05) is 20.3 Å². The zero-order valence-corrected chi connectivity index (χ0v) is 11.0. The molecule has 0 unspecified atom stereocenters. The Hall–Kier alpha value is -0.770. The molecule has 0 saturated carbocycles. The molecule has 4 heteroatoms. The Labute approximate surface area is 109 Å². The summed E-state index contributed by atoms with van der Waals surface area (Å²) < 4.78 is 10.5. The minimum Gasteiger partial charge on any atom is -0.497 e. The highest BCUT2D eigenvalue weighted by molar-refractivity contribution is 5.85. The smallest absolute Gasteiger partial charge is 0.118 e. The van der Waals surface area contributed by atoms with E-state index in [0.717, 1.165) is 38.2 Å². The summed E-state index contributed by atoms with van der Waals surface area (Å²) in [6.45, 7) is 1.57. The maximum absolute atomic E-state index is 6.35. The molecule has 0 spiro atoms. The third-order valence-corrected chi connectivity index (χ3v) is 3.20. The summed E-state index contributed by atoms with van der Waals surface area (Å²) in [4.78, 5) is 0. The Balaban J connectivity index is 0.00000144. The van der Waals surface area contributed by atoms with Crippen LogP contribution in [0.5, 0.6) is 5.75 Å². The average molecular weight is 258 g/mol. The van der Waals surface area contributed by atoms with Crippen molar-refractivity contribution in [2.45, 2.75) is 24.8 Å². The van der Waals surface area contributed by atoms with Crippen molar-refractivity contribution < 1.29 is 9.47 Å². The molecule has 1 saturated heterocycles. The molecular formula is C13H20ClNO2. The monoisotopic (exact) mass is 257 g/mol. The third kappa shape index (κ3) is 3.87. The number of halogens is 1. The van der Waals surface area contributed by atoms with Crippen molar-refractivity contribution in [3.8, 4) is 5.75 Å². The molecule has 1 aliphatic rings. The normalized spacial score (nSPS) is 18.2. The van der Waals surface area contributed by atoms with Gasteiger partial charge in [-0.25, -0.2) is 0 Å². The van der Waals surface area contributed by atoms with Gasteiger partial charge in [-0.3, -0.25) is 0 Å². The van der Waals surface area contributed by atoms with Gasteiger partial charge in [0.2, 0.25) is 0 Å². The third-order valence-electron chi connectivity index (χ3n) is 3.20. The lowest BCUT2D eigenvalue weighted by atomic mass is 9.85. The van der Waals surface area contributed by atoms with Gasteiger partial charge in [0, 0.05) is 18.8 Å². The number of rotatable bonds is 3. The van der Waals surface area contributed by atoms with Crippen LogP contribution in [0.2, 0.25) is 0 Å². The van der Waals surface area contributed by atoms with Crippen LogP contribution in [-0.4, -0.2) is 25.9 Å². The molecule has 1 heterocycles. The van der Waals surface area contributed by atoms with Gasteiger partial charge in [0.05, 0.1) is 7.11 Å². The second kappa shape index (κ2) is 6.24. The van der Waals surface area contributed by atoms with Crippen LogP contribution in [0.4, 0.5) is 0 Å². The molecule has 1 aromatic carbocycles. The zero-order valence-electron chi connectivity index (χ0n) is 10.1. The Morgan fingerprint density at radius 3 is 2.35 bits per heavy atom. The molecule has 96 valence electrons. The fourth-order valence-electron chi connectivity index (χ4n) is 2.10. The van der Waals surface area contributed by atoms with E-state index in [1.54, 1.807) is 7.11 Å². The summed E-state index contributed by atoms with van der Waals surface area (Å²) in [5.41, 5.74) is 7.53. The van der Waals surface area contributed by atoms with Gasteiger partial charge in [-0.2, -0.15) is 0 Å². The van der Waals surface area contributed by atoms with Gasteiger partial charge in [0.25, 0.3) is 0 Å². The topological polar surface area (TPSA) is 44.5 Å². The molecule has 2 rings (SSSR count). The predicted molar refractivity (Wildman–Crippen MR) is 70.9 cm³/mol. The van der Waals surface area contributed by atoms with Gasteiger partial charge in [-0.15, -0.1) is 12.4 Å². The van der Waals surface area contributed by atoms with Gasteiger partial charge in [-0.05, 0) is 37.0 Å². The van der Waals surface area contributed by atoms with Crippen LogP contribution < -0.4 is 10.5 Å². The van der Waals surface area contributed by atoms with Gasteiger partial charge in [-0.1, -0.05) is 12.1 Å². The Kier molecular flexibility index (Phi) is 5.25. The first-order chi connectivity index (χ1) is 7.72. The van der Waals surface area contributed by atoms with Crippen molar-refractivity contribution in [1.82, 2.24) is 0 Å². The predicted octanol–water partition coefficient (Wildman–Crippen LogP) is 2.17. The van der Waals surface area contributed by atoms with E-state index in [-0.39, 0.29) is 17.9 Å². The SMILES string of the molecule is COc1ccc(CC2(N)CCOCC2)cc1.Cl. The summed E-state index contributed by atoms with van der Waals surface area (Å²) in [5.74, 6) is 0.891. The minimum atomic E-state index is -0.0904. The van der Waals surface area contributed by atoms with E-state index in [1.807, 2.05) is 12.1 Å². The molecule has 1 fully saturated rings. The minimum absolute atomic E-state index is 0. The van der Waals surface area contributed by atoms with E-state index in [2.05, 4.69) is 12.1 Å². The van der Waals surface area contributed by atoms with Crippen molar-refractivity contribution in [3.63, 3.8) is 0 Å². The van der Waals surface area contributed by atoms with E-state index < -0.39 is 0 Å². The summed E-state index contributed by atoms with van der Waals surface area (Å²) in [5, 5.41) is 0. The fraction of sp³-hybridized carbons (Fsp3) is 0.538. The first-order valence-electron chi connectivity index (χ1n) is 5.71. The van der Waals surface area contributed by atoms with Crippen molar-refractivity contribution in [2.24, 2.45) is 5.73 Å². The van der Waals surface area contributed by atoms with Crippen LogP contribution in [0, 0.1) is 0 Å². The fourth-order valence-corrected chi connectivity index (χ4v) is 2.10. The quantitative estimate of drug-likeness (QED) is 0.903. The maximum Gasteiger partial charge on any atom is 0.118 e. The van der Waals surface area contributed by atoms with Crippen molar-refractivity contribution in [1.29, 1.82) is 0 Å². The van der Waals surface area contributed by atoms with Gasteiger partial charge < -0.3 is 15.2 Å². The molecule has 2 N–H and O–H groups in total. The van der Waals surface area contributed by atoms with E-state index in [1.165, 1.54) is 5.56 Å². The van der Waals surface area contributed by atoms with E-state index in [9.17, 15) is 0 Å². The van der Waals surface area contributed by atoms with Crippen LogP contribution in [0.25, 0.3) is 0 Å². The second-order valence-corrected chi connectivity index (χ2v) is 4.50. The Morgan fingerprint density at radius 1 is 1.24 bits per heavy atom. The van der Waals surface area contributed by atoms with Crippen molar-refractivity contribution in [3.05, 3.63) is 29.8 Å². The molecule has 3 nitrogen and oxygen atoms in total. The highest BCUT2D eigenvalue weighted by Crippen LogP contribution is 2.23. The number of hydrogen-bond donors (Lipinski definition) is 1. The lowest BCUT2D eigenvalue weighted by Crippen LogP contribution is -2.46. The molecule has 0 radical (unpaired) electrons. The number of hydrogen-bond acceptors (Lipinski definition) is 3. The largest absolute Gasteiger partial charge is 0.497 e. The van der Waals surface area contributed by atoms with Crippen LogP contribution in [0.15, 0.2) is 24.3 Å². The van der Waals surface area contributed by atoms with Crippen LogP contribution in [-0.2, 0) is 11.2 Å². The Morgan fingerprint density at radius 2 is 1.82 bits per heavy atom. The van der Waals surface area contributed by atoms with Gasteiger partial charge in [0.15, 0.2) is 0 Å². The van der Waals surface area contributed by atoms with E-state index >= 15 is 0 Å². The molecule has 0 atom stereocenters. The molecule has 0 bridgehead atoms. The number of ether oxygens (including phenoxy) is 2. The standard InChI is InChI=1S/C13H19NO2.ClH/c1-15-12-4-2-11(3-5-12)10-13(14)6-8-16-9-7-13;/h2-5H,6-10,14H2,1H3;1H. The first-order valence-corrected chi connectivity index (χ1v) is 5.71. The summed E-state index contributed by atoms with van der Waals surface area (Å²) in [7, 11) is 1.68. The molecular weight excluding hydrogens is 238 g/mol. The molecule has 0 amide bonds. The van der Waals surface area contributed by atoms with Crippen LogP contribution in [0.1, 0.15) is 18.4 Å². The molecule has 0 aliphatic carbocycles. The highest BCUT2D eigenvalue weighted by atomic mass is 35.5. The maximum atomic E-state index is 6.35. The highest BCUT2D eigenvalue weighted by Gasteiger charge is 2.27. The van der Waals surface area contributed by atoms with Crippen LogP contribution >= 0.6 is 12.4 Å². The van der Waals surface area contributed by atoms with Gasteiger partial charge in [0.1, 0.15) is 5.75 Å². The summed E-state index contributed by atoms with van der Waals surface area (Å²) in [6, 6.07) is 8.14. The lowest BCUT2D eigenvalue weighted by Gasteiger charge is -2.33. The van der Waals surface area contributed by atoms with Crippen LogP contribution in [0.3, 0.4) is 0 Å². The molecule has 1 aliphatic heterocycles. The zero-order chi connectivity index (χ0) is 11.4. The number of benzene rings is 1. The number of methoxy groups -OCH3 is 1. The summed E-state index contributed by atoms with van der Waals surface area (Å²) in [6.07, 6.45) is 2.80. The van der Waals surface area contributed by atoms with E-state index in [0.29, 0.717) is 0 Å². The van der Waals surface area contributed by atoms with E-state index in [4.69, 9.17) is 15.2 Å². The van der Waals surface area contributed by atoms with Gasteiger partial charge >= 0.3 is 0 Å². The number of nitrogens with two attached hydrogens (primary N) is 1. The second-order valence-electron chi connectivity index (χ2n) is 4.50.